The van der Waals surface area contributed by atoms with E-state index in [4.69, 9.17) is 4.74 Å². The predicted octanol–water partition coefficient (Wildman–Crippen LogP) is 4.21. The average Bonchev–Trinajstić information content (AvgIpc) is 3.01. The van der Waals surface area contributed by atoms with Crippen molar-refractivity contribution < 1.29 is 19.1 Å². The van der Waals surface area contributed by atoms with Crippen molar-refractivity contribution in [3.05, 3.63) is 51.2 Å². The molecule has 1 atom stereocenters. The molecule has 26 heavy (non-hydrogen) atoms. The second-order valence-corrected chi connectivity index (χ2v) is 7.56. The van der Waals surface area contributed by atoms with E-state index >= 15 is 0 Å². The van der Waals surface area contributed by atoms with Crippen LogP contribution in [0.1, 0.15) is 45.4 Å². The maximum Gasteiger partial charge on any atom is 0.307 e. The van der Waals surface area contributed by atoms with Gasteiger partial charge >= 0.3 is 5.97 Å². The number of Topliss-reactive ketones (excluding diaryl/α,β-unsaturated/α-hetero) is 1. The van der Waals surface area contributed by atoms with Crippen LogP contribution in [0.2, 0.25) is 0 Å². The number of carbonyl (C=O) groups excluding carboxylic acids is 3. The first kappa shape index (κ1) is 19.8. The highest BCUT2D eigenvalue weighted by atomic mass is 32.1. The minimum absolute atomic E-state index is 0.0447. The van der Waals surface area contributed by atoms with Crippen LogP contribution in [-0.4, -0.2) is 23.8 Å². The predicted molar refractivity (Wildman–Crippen MR) is 103 cm³/mol. The van der Waals surface area contributed by atoms with Crippen molar-refractivity contribution in [3.8, 4) is 0 Å². The summed E-state index contributed by atoms with van der Waals surface area (Å²) in [5.74, 6) is -1.05. The highest BCUT2D eigenvalue weighted by Gasteiger charge is 2.19. The zero-order valence-corrected chi connectivity index (χ0v) is 16.2. The lowest BCUT2D eigenvalue weighted by molar-refractivity contribution is -0.153. The van der Waals surface area contributed by atoms with Gasteiger partial charge in [-0.3, -0.25) is 14.4 Å². The van der Waals surface area contributed by atoms with E-state index in [0.717, 1.165) is 16.0 Å². The second kappa shape index (κ2) is 8.76. The Morgan fingerprint density at radius 3 is 2.42 bits per heavy atom. The molecule has 2 rings (SSSR count). The van der Waals surface area contributed by atoms with Gasteiger partial charge in [-0.1, -0.05) is 17.7 Å². The summed E-state index contributed by atoms with van der Waals surface area (Å²) in [7, 11) is 0. The third-order valence-electron chi connectivity index (χ3n) is 3.89. The van der Waals surface area contributed by atoms with Gasteiger partial charge in [-0.25, -0.2) is 0 Å². The van der Waals surface area contributed by atoms with Crippen LogP contribution in [0, 0.1) is 20.8 Å². The van der Waals surface area contributed by atoms with Gasteiger partial charge in [0.2, 0.25) is 0 Å². The third-order valence-corrected chi connectivity index (χ3v) is 4.93. The lowest BCUT2D eigenvalue weighted by Crippen LogP contribution is -2.30. The lowest BCUT2D eigenvalue weighted by atomic mass is 10.1. The number of nitrogens with one attached hydrogen (secondary N) is 1. The summed E-state index contributed by atoms with van der Waals surface area (Å²) in [6.45, 7) is 7.31. The van der Waals surface area contributed by atoms with Gasteiger partial charge in [0.15, 0.2) is 11.9 Å². The Labute approximate surface area is 157 Å². The van der Waals surface area contributed by atoms with Crippen molar-refractivity contribution in [1.29, 1.82) is 0 Å². The highest BCUT2D eigenvalue weighted by molar-refractivity contribution is 7.14. The maximum atomic E-state index is 12.2. The van der Waals surface area contributed by atoms with Crippen molar-refractivity contribution in [2.75, 3.05) is 5.32 Å². The minimum Gasteiger partial charge on any atom is -0.453 e. The standard InChI is InChI=1S/C20H23NO4S/c1-12-5-7-16(13(2)11-12)21-20(24)15(4)25-19(23)10-8-17(22)18-9-6-14(3)26-18/h5-7,9,11,15H,8,10H2,1-4H3,(H,21,24)/t15-/m0/s1. The van der Waals surface area contributed by atoms with Crippen LogP contribution in [0.25, 0.3) is 0 Å². The Kier molecular flexibility index (Phi) is 6.69. The van der Waals surface area contributed by atoms with Gasteiger partial charge in [0.1, 0.15) is 0 Å². The summed E-state index contributed by atoms with van der Waals surface area (Å²) in [6.07, 6.45) is -0.900. The molecule has 1 amide bonds. The molecule has 2 aromatic rings. The number of ketones is 1. The van der Waals surface area contributed by atoms with E-state index in [1.165, 1.54) is 18.3 Å². The normalized spacial score (nSPS) is 11.7. The Morgan fingerprint density at radius 2 is 1.81 bits per heavy atom. The van der Waals surface area contributed by atoms with Gasteiger partial charge in [-0.15, -0.1) is 11.3 Å². The SMILES string of the molecule is Cc1ccc(NC(=O)[C@H](C)OC(=O)CCC(=O)c2ccc(C)s2)c(C)c1. The van der Waals surface area contributed by atoms with Crippen LogP contribution < -0.4 is 5.32 Å². The van der Waals surface area contributed by atoms with Gasteiger partial charge in [-0.2, -0.15) is 0 Å². The summed E-state index contributed by atoms with van der Waals surface area (Å²) in [5.41, 5.74) is 2.73. The van der Waals surface area contributed by atoms with E-state index in [0.29, 0.717) is 10.6 Å². The molecule has 0 aliphatic carbocycles. The first-order valence-corrected chi connectivity index (χ1v) is 9.25. The highest BCUT2D eigenvalue weighted by Crippen LogP contribution is 2.18. The molecule has 0 saturated carbocycles. The number of amides is 1. The first-order chi connectivity index (χ1) is 12.3. The Morgan fingerprint density at radius 1 is 1.08 bits per heavy atom. The maximum absolute atomic E-state index is 12.2. The fraction of sp³-hybridized carbons (Fsp3) is 0.350. The molecule has 0 spiro atoms. The fourth-order valence-electron chi connectivity index (χ4n) is 2.42. The van der Waals surface area contributed by atoms with Crippen LogP contribution in [0.15, 0.2) is 30.3 Å². The fourth-order valence-corrected chi connectivity index (χ4v) is 3.26. The largest absolute Gasteiger partial charge is 0.453 e. The van der Waals surface area contributed by atoms with E-state index in [1.54, 1.807) is 6.07 Å². The summed E-state index contributed by atoms with van der Waals surface area (Å²) in [5, 5.41) is 2.75. The number of hydrogen-bond acceptors (Lipinski definition) is 5. The van der Waals surface area contributed by atoms with E-state index in [1.807, 2.05) is 45.0 Å². The molecule has 0 aliphatic rings. The second-order valence-electron chi connectivity index (χ2n) is 6.27. The third kappa shape index (κ3) is 5.52. The van der Waals surface area contributed by atoms with Crippen molar-refractivity contribution in [3.63, 3.8) is 0 Å². The van der Waals surface area contributed by atoms with Gasteiger partial charge in [0, 0.05) is 17.0 Å². The molecule has 1 aromatic heterocycles. The Bertz CT molecular complexity index is 825. The number of thiophene rings is 1. The van der Waals surface area contributed by atoms with Crippen molar-refractivity contribution in [2.24, 2.45) is 0 Å². The average molecular weight is 373 g/mol. The molecule has 0 aliphatic heterocycles. The lowest BCUT2D eigenvalue weighted by Gasteiger charge is -2.15. The molecule has 0 fully saturated rings. The number of ether oxygens (including phenoxy) is 1. The molecule has 1 aromatic carbocycles. The van der Waals surface area contributed by atoms with Crippen LogP contribution in [0.4, 0.5) is 5.69 Å². The molecule has 0 radical (unpaired) electrons. The van der Waals surface area contributed by atoms with E-state index in [-0.39, 0.29) is 18.6 Å². The summed E-state index contributed by atoms with van der Waals surface area (Å²) < 4.78 is 5.14. The van der Waals surface area contributed by atoms with Gasteiger partial charge < -0.3 is 10.1 Å². The number of anilines is 1. The zero-order chi connectivity index (χ0) is 19.3. The molecular formula is C20H23NO4S. The Hall–Kier alpha value is -2.47. The molecular weight excluding hydrogens is 350 g/mol. The minimum atomic E-state index is -0.928. The van der Waals surface area contributed by atoms with E-state index in [2.05, 4.69) is 5.32 Å². The van der Waals surface area contributed by atoms with Gasteiger partial charge in [-0.05, 0) is 51.5 Å². The molecule has 6 heteroatoms. The summed E-state index contributed by atoms with van der Waals surface area (Å²) in [6, 6.07) is 9.31. The van der Waals surface area contributed by atoms with E-state index in [9.17, 15) is 14.4 Å². The van der Waals surface area contributed by atoms with Gasteiger partial charge in [0.25, 0.3) is 5.91 Å². The van der Waals surface area contributed by atoms with Crippen LogP contribution in [0.3, 0.4) is 0 Å². The smallest absolute Gasteiger partial charge is 0.307 e. The molecule has 138 valence electrons. The first-order valence-electron chi connectivity index (χ1n) is 8.43. The summed E-state index contributed by atoms with van der Waals surface area (Å²) in [4.78, 5) is 37.8. The molecule has 0 saturated heterocycles. The molecule has 5 nitrogen and oxygen atoms in total. The van der Waals surface area contributed by atoms with Crippen LogP contribution in [0.5, 0.6) is 0 Å². The number of hydrogen-bond donors (Lipinski definition) is 1. The Balaban J connectivity index is 1.82. The van der Waals surface area contributed by atoms with Gasteiger partial charge in [0.05, 0.1) is 11.3 Å². The van der Waals surface area contributed by atoms with Crippen molar-refractivity contribution in [2.45, 2.75) is 46.6 Å². The molecule has 1 N–H and O–H groups in total. The molecule has 1 heterocycles. The van der Waals surface area contributed by atoms with Crippen molar-refractivity contribution in [1.82, 2.24) is 0 Å². The number of rotatable bonds is 7. The van der Waals surface area contributed by atoms with E-state index < -0.39 is 18.0 Å². The zero-order valence-electron chi connectivity index (χ0n) is 15.4. The number of carbonyl (C=O) groups is 3. The topological polar surface area (TPSA) is 72.5 Å². The number of benzene rings is 1. The summed E-state index contributed by atoms with van der Waals surface area (Å²) >= 11 is 1.40. The number of aryl methyl sites for hydroxylation is 3. The quantitative estimate of drug-likeness (QED) is 0.583. The number of esters is 1. The molecule has 0 unspecified atom stereocenters. The van der Waals surface area contributed by atoms with Crippen molar-refractivity contribution >= 4 is 34.7 Å². The van der Waals surface area contributed by atoms with Crippen LogP contribution >= 0.6 is 11.3 Å². The monoisotopic (exact) mass is 373 g/mol. The van der Waals surface area contributed by atoms with Crippen LogP contribution in [-0.2, 0) is 14.3 Å². The molecule has 0 bridgehead atoms.